The lowest BCUT2D eigenvalue weighted by Gasteiger charge is -2.31. The molecule has 104 valence electrons. The predicted molar refractivity (Wildman–Crippen MR) is 82.3 cm³/mol. The number of amides is 1. The number of halogens is 1. The van der Waals surface area contributed by atoms with E-state index in [1.807, 2.05) is 25.1 Å². The summed E-state index contributed by atoms with van der Waals surface area (Å²) in [7, 11) is 0. The van der Waals surface area contributed by atoms with Crippen molar-refractivity contribution in [1.82, 2.24) is 5.32 Å². The molecule has 2 rings (SSSR count). The second kappa shape index (κ2) is 5.63. The van der Waals surface area contributed by atoms with Crippen LogP contribution in [0.4, 0.5) is 5.69 Å². The molecule has 1 fully saturated rings. The van der Waals surface area contributed by atoms with Gasteiger partial charge in [0.25, 0.3) is 0 Å². The number of hydrogen-bond acceptors (Lipinski definition) is 2. The molecule has 19 heavy (non-hydrogen) atoms. The Kier molecular flexibility index (Phi) is 4.31. The number of nitrogens with one attached hydrogen (secondary N) is 2. The fourth-order valence-corrected chi connectivity index (χ4v) is 3.15. The van der Waals surface area contributed by atoms with Crippen molar-refractivity contribution >= 4 is 27.5 Å². The van der Waals surface area contributed by atoms with Gasteiger partial charge in [0.2, 0.25) is 5.91 Å². The predicted octanol–water partition coefficient (Wildman–Crippen LogP) is 3.33. The zero-order valence-electron chi connectivity index (χ0n) is 11.7. The number of aryl methyl sites for hydroxylation is 1. The second-order valence-electron chi connectivity index (χ2n) is 5.65. The Labute approximate surface area is 123 Å². The Morgan fingerprint density at radius 2 is 2.21 bits per heavy atom. The summed E-state index contributed by atoms with van der Waals surface area (Å²) in [5.74, 6) is 0.469. The topological polar surface area (TPSA) is 41.1 Å². The molecule has 0 aliphatic carbocycles. The third-order valence-electron chi connectivity index (χ3n) is 4.18. The lowest BCUT2D eigenvalue weighted by atomic mass is 9.75. The average Bonchev–Trinajstić information content (AvgIpc) is 2.83. The zero-order valence-corrected chi connectivity index (χ0v) is 13.3. The maximum absolute atomic E-state index is 12.7. The SMILES string of the molecule is Cc1cc(Br)ccc1NC(=O)C1(C(C)C)CCNC1. The van der Waals surface area contributed by atoms with Crippen molar-refractivity contribution in [3.05, 3.63) is 28.2 Å². The molecule has 0 bridgehead atoms. The van der Waals surface area contributed by atoms with Crippen LogP contribution in [0.2, 0.25) is 0 Å². The first kappa shape index (κ1) is 14.5. The summed E-state index contributed by atoms with van der Waals surface area (Å²) in [5.41, 5.74) is 1.70. The highest BCUT2D eigenvalue weighted by Crippen LogP contribution is 2.35. The summed E-state index contributed by atoms with van der Waals surface area (Å²) in [6.07, 6.45) is 0.909. The van der Waals surface area contributed by atoms with E-state index in [-0.39, 0.29) is 11.3 Å². The molecule has 1 saturated heterocycles. The molecule has 1 aliphatic rings. The maximum atomic E-state index is 12.7. The van der Waals surface area contributed by atoms with Gasteiger partial charge in [0.15, 0.2) is 0 Å². The molecule has 1 atom stereocenters. The van der Waals surface area contributed by atoms with Crippen molar-refractivity contribution in [3.63, 3.8) is 0 Å². The van der Waals surface area contributed by atoms with Crippen LogP contribution >= 0.6 is 15.9 Å². The summed E-state index contributed by atoms with van der Waals surface area (Å²) < 4.78 is 1.03. The van der Waals surface area contributed by atoms with Crippen molar-refractivity contribution in [3.8, 4) is 0 Å². The molecule has 0 radical (unpaired) electrons. The summed E-state index contributed by atoms with van der Waals surface area (Å²) in [5, 5.41) is 6.42. The number of hydrogen-bond donors (Lipinski definition) is 2. The van der Waals surface area contributed by atoms with Crippen LogP contribution < -0.4 is 10.6 Å². The summed E-state index contributed by atoms with van der Waals surface area (Å²) in [6.45, 7) is 7.95. The molecular weight excluding hydrogens is 304 g/mol. The van der Waals surface area contributed by atoms with Gasteiger partial charge in [-0.25, -0.2) is 0 Å². The van der Waals surface area contributed by atoms with E-state index in [4.69, 9.17) is 0 Å². The Balaban J connectivity index is 2.20. The number of benzene rings is 1. The van der Waals surface area contributed by atoms with Gasteiger partial charge in [-0.1, -0.05) is 29.8 Å². The minimum atomic E-state index is -0.278. The van der Waals surface area contributed by atoms with Gasteiger partial charge >= 0.3 is 0 Å². The lowest BCUT2D eigenvalue weighted by molar-refractivity contribution is -0.126. The largest absolute Gasteiger partial charge is 0.325 e. The Hall–Kier alpha value is -0.870. The number of anilines is 1. The van der Waals surface area contributed by atoms with Crippen molar-refractivity contribution in [2.24, 2.45) is 11.3 Å². The highest BCUT2D eigenvalue weighted by atomic mass is 79.9. The number of carbonyl (C=O) groups is 1. The van der Waals surface area contributed by atoms with E-state index in [9.17, 15) is 4.79 Å². The van der Waals surface area contributed by atoms with Crippen LogP contribution in [0.15, 0.2) is 22.7 Å². The van der Waals surface area contributed by atoms with E-state index in [0.29, 0.717) is 5.92 Å². The van der Waals surface area contributed by atoms with E-state index < -0.39 is 0 Å². The van der Waals surface area contributed by atoms with Crippen LogP contribution in [-0.2, 0) is 4.79 Å². The van der Waals surface area contributed by atoms with Crippen LogP contribution in [0.3, 0.4) is 0 Å². The molecule has 1 aliphatic heterocycles. The minimum Gasteiger partial charge on any atom is -0.325 e. The molecule has 1 heterocycles. The molecule has 0 spiro atoms. The van der Waals surface area contributed by atoms with Gasteiger partial charge in [0.1, 0.15) is 0 Å². The third-order valence-corrected chi connectivity index (χ3v) is 4.68. The summed E-state index contributed by atoms with van der Waals surface area (Å²) in [4.78, 5) is 12.7. The lowest BCUT2D eigenvalue weighted by Crippen LogP contribution is -2.42. The Bertz CT molecular complexity index is 479. The van der Waals surface area contributed by atoms with E-state index in [0.717, 1.165) is 35.2 Å². The molecule has 1 unspecified atom stereocenters. The summed E-state index contributed by atoms with van der Waals surface area (Å²) in [6, 6.07) is 5.93. The molecule has 4 heteroatoms. The summed E-state index contributed by atoms with van der Waals surface area (Å²) >= 11 is 3.44. The second-order valence-corrected chi connectivity index (χ2v) is 6.57. The van der Waals surface area contributed by atoms with Crippen LogP contribution in [0.25, 0.3) is 0 Å². The molecule has 2 N–H and O–H groups in total. The quantitative estimate of drug-likeness (QED) is 0.895. The van der Waals surface area contributed by atoms with Crippen LogP contribution in [-0.4, -0.2) is 19.0 Å². The first-order chi connectivity index (χ1) is 8.95. The van der Waals surface area contributed by atoms with Crippen molar-refractivity contribution in [2.45, 2.75) is 27.2 Å². The number of rotatable bonds is 3. The highest BCUT2D eigenvalue weighted by Gasteiger charge is 2.43. The van der Waals surface area contributed by atoms with Gasteiger partial charge < -0.3 is 10.6 Å². The van der Waals surface area contributed by atoms with E-state index >= 15 is 0 Å². The van der Waals surface area contributed by atoms with Crippen molar-refractivity contribution < 1.29 is 4.79 Å². The fourth-order valence-electron chi connectivity index (χ4n) is 2.67. The van der Waals surface area contributed by atoms with Crippen LogP contribution in [0.1, 0.15) is 25.8 Å². The average molecular weight is 325 g/mol. The maximum Gasteiger partial charge on any atom is 0.232 e. The van der Waals surface area contributed by atoms with E-state index in [1.165, 1.54) is 0 Å². The van der Waals surface area contributed by atoms with Crippen molar-refractivity contribution in [2.75, 3.05) is 18.4 Å². The Morgan fingerprint density at radius 1 is 1.47 bits per heavy atom. The zero-order chi connectivity index (χ0) is 14.0. The first-order valence-corrected chi connectivity index (χ1v) is 7.53. The van der Waals surface area contributed by atoms with Gasteiger partial charge in [-0.2, -0.15) is 0 Å². The smallest absolute Gasteiger partial charge is 0.232 e. The molecular formula is C15H21BrN2O. The molecule has 3 nitrogen and oxygen atoms in total. The first-order valence-electron chi connectivity index (χ1n) is 6.74. The highest BCUT2D eigenvalue weighted by molar-refractivity contribution is 9.10. The van der Waals surface area contributed by atoms with Crippen molar-refractivity contribution in [1.29, 1.82) is 0 Å². The fraction of sp³-hybridized carbons (Fsp3) is 0.533. The van der Waals surface area contributed by atoms with E-state index in [2.05, 4.69) is 40.4 Å². The molecule has 0 aromatic heterocycles. The van der Waals surface area contributed by atoms with Gasteiger partial charge in [0.05, 0.1) is 5.41 Å². The van der Waals surface area contributed by atoms with Crippen LogP contribution in [0.5, 0.6) is 0 Å². The molecule has 1 amide bonds. The standard InChI is InChI=1S/C15H21BrN2O/c1-10(2)15(6-7-17-9-15)14(19)18-13-5-4-12(16)8-11(13)3/h4-5,8,10,17H,6-7,9H2,1-3H3,(H,18,19). The normalized spacial score (nSPS) is 22.8. The molecule has 1 aromatic carbocycles. The van der Waals surface area contributed by atoms with Crippen LogP contribution in [0, 0.1) is 18.3 Å². The Morgan fingerprint density at radius 3 is 2.74 bits per heavy atom. The minimum absolute atomic E-state index is 0.137. The van der Waals surface area contributed by atoms with Gasteiger partial charge in [-0.15, -0.1) is 0 Å². The monoisotopic (exact) mass is 324 g/mol. The van der Waals surface area contributed by atoms with Gasteiger partial charge in [-0.3, -0.25) is 4.79 Å². The van der Waals surface area contributed by atoms with Gasteiger partial charge in [0, 0.05) is 16.7 Å². The molecule has 1 aromatic rings. The third kappa shape index (κ3) is 2.84. The number of carbonyl (C=O) groups excluding carboxylic acids is 1. The van der Waals surface area contributed by atoms with E-state index in [1.54, 1.807) is 0 Å². The van der Waals surface area contributed by atoms with Gasteiger partial charge in [-0.05, 0) is 49.6 Å². The molecule has 0 saturated carbocycles.